The molecule has 4 nitrogen and oxygen atoms in total. The zero-order valence-corrected chi connectivity index (χ0v) is 16.2. The lowest BCUT2D eigenvalue weighted by molar-refractivity contribution is -0.139. The molecule has 1 aliphatic carbocycles. The molecular weight excluding hydrogens is 312 g/mol. The third-order valence-corrected chi connectivity index (χ3v) is 5.24. The predicted molar refractivity (Wildman–Crippen MR) is 103 cm³/mol. The van der Waals surface area contributed by atoms with E-state index in [9.17, 15) is 9.59 Å². The van der Waals surface area contributed by atoms with Crippen LogP contribution in [0.25, 0.3) is 0 Å². The number of benzene rings is 1. The molecule has 1 aliphatic rings. The van der Waals surface area contributed by atoms with E-state index in [1.165, 1.54) is 6.42 Å². The SMILES string of the molecule is Cc1cccc(C(C)C)c1NC(=O)C(C)(C)C(=O)NC1CCCCC1. The van der Waals surface area contributed by atoms with Crippen molar-refractivity contribution in [2.24, 2.45) is 5.41 Å². The molecule has 0 aromatic heterocycles. The highest BCUT2D eigenvalue weighted by molar-refractivity contribution is 6.10. The number of para-hydroxylation sites is 1. The smallest absolute Gasteiger partial charge is 0.239 e. The second kappa shape index (κ2) is 8.03. The van der Waals surface area contributed by atoms with Gasteiger partial charge in [0.1, 0.15) is 5.41 Å². The van der Waals surface area contributed by atoms with Gasteiger partial charge in [-0.3, -0.25) is 9.59 Å². The van der Waals surface area contributed by atoms with Crippen molar-refractivity contribution >= 4 is 17.5 Å². The number of carbonyl (C=O) groups excluding carboxylic acids is 2. The number of nitrogens with one attached hydrogen (secondary N) is 2. The third kappa shape index (κ3) is 4.62. The quantitative estimate of drug-likeness (QED) is 0.771. The molecule has 0 heterocycles. The molecule has 1 aromatic carbocycles. The van der Waals surface area contributed by atoms with E-state index in [1.807, 2.05) is 25.1 Å². The zero-order chi connectivity index (χ0) is 18.6. The first-order valence-electron chi connectivity index (χ1n) is 9.45. The average molecular weight is 344 g/mol. The van der Waals surface area contributed by atoms with Crippen LogP contribution in [0.3, 0.4) is 0 Å². The second-order valence-corrected chi connectivity index (χ2v) is 8.08. The van der Waals surface area contributed by atoms with Crippen LogP contribution in [-0.2, 0) is 9.59 Å². The summed E-state index contributed by atoms with van der Waals surface area (Å²) in [5.41, 5.74) is 1.84. The van der Waals surface area contributed by atoms with Gasteiger partial charge in [-0.05, 0) is 50.7 Å². The number of amides is 2. The molecular formula is C21H32N2O2. The van der Waals surface area contributed by atoms with Crippen molar-refractivity contribution < 1.29 is 9.59 Å². The van der Waals surface area contributed by atoms with Crippen LogP contribution in [0.4, 0.5) is 5.69 Å². The fourth-order valence-electron chi connectivity index (χ4n) is 3.33. The summed E-state index contributed by atoms with van der Waals surface area (Å²) in [5, 5.41) is 6.10. The summed E-state index contributed by atoms with van der Waals surface area (Å²) >= 11 is 0. The first-order chi connectivity index (χ1) is 11.7. The van der Waals surface area contributed by atoms with Crippen LogP contribution in [-0.4, -0.2) is 17.9 Å². The Bertz CT molecular complexity index is 629. The van der Waals surface area contributed by atoms with Gasteiger partial charge in [-0.15, -0.1) is 0 Å². The molecule has 0 unspecified atom stereocenters. The lowest BCUT2D eigenvalue weighted by atomic mass is 9.88. The Morgan fingerprint density at radius 1 is 1.08 bits per heavy atom. The topological polar surface area (TPSA) is 58.2 Å². The standard InChI is InChI=1S/C21H32N2O2/c1-14(2)17-13-9-10-15(3)18(17)23-20(25)21(4,5)19(24)22-16-11-7-6-8-12-16/h9-10,13-14,16H,6-8,11-12H2,1-5H3,(H,22,24)(H,23,25). The Hall–Kier alpha value is -1.84. The van der Waals surface area contributed by atoms with Gasteiger partial charge in [0.15, 0.2) is 0 Å². The molecule has 1 fully saturated rings. The molecule has 4 heteroatoms. The van der Waals surface area contributed by atoms with E-state index in [0.29, 0.717) is 5.92 Å². The van der Waals surface area contributed by atoms with Gasteiger partial charge >= 0.3 is 0 Å². The number of hydrogen-bond acceptors (Lipinski definition) is 2. The first kappa shape index (κ1) is 19.5. The Morgan fingerprint density at radius 3 is 2.32 bits per heavy atom. The summed E-state index contributed by atoms with van der Waals surface area (Å²) < 4.78 is 0. The number of hydrogen-bond donors (Lipinski definition) is 2. The van der Waals surface area contributed by atoms with Crippen LogP contribution in [0.2, 0.25) is 0 Å². The largest absolute Gasteiger partial charge is 0.352 e. The summed E-state index contributed by atoms with van der Waals surface area (Å²) in [6, 6.07) is 6.22. The normalized spacial score (nSPS) is 15.9. The van der Waals surface area contributed by atoms with Gasteiger partial charge in [-0.2, -0.15) is 0 Å². The summed E-state index contributed by atoms with van der Waals surface area (Å²) in [4.78, 5) is 25.6. The van der Waals surface area contributed by atoms with Crippen molar-refractivity contribution in [1.82, 2.24) is 5.32 Å². The lowest BCUT2D eigenvalue weighted by Crippen LogP contribution is -2.49. The third-order valence-electron chi connectivity index (χ3n) is 5.24. The molecule has 2 rings (SSSR count). The molecule has 2 N–H and O–H groups in total. The van der Waals surface area contributed by atoms with Crippen LogP contribution in [0, 0.1) is 12.3 Å². The van der Waals surface area contributed by atoms with Crippen molar-refractivity contribution in [1.29, 1.82) is 0 Å². The van der Waals surface area contributed by atoms with Crippen LogP contribution in [0.5, 0.6) is 0 Å². The van der Waals surface area contributed by atoms with E-state index in [0.717, 1.165) is 42.5 Å². The minimum atomic E-state index is -1.10. The fraction of sp³-hybridized carbons (Fsp3) is 0.619. The van der Waals surface area contributed by atoms with Crippen molar-refractivity contribution in [2.75, 3.05) is 5.32 Å². The monoisotopic (exact) mass is 344 g/mol. The molecule has 25 heavy (non-hydrogen) atoms. The molecule has 138 valence electrons. The van der Waals surface area contributed by atoms with Crippen molar-refractivity contribution in [3.05, 3.63) is 29.3 Å². The van der Waals surface area contributed by atoms with Gasteiger partial charge in [0.2, 0.25) is 11.8 Å². The molecule has 1 aromatic rings. The Labute approximate surface area is 151 Å². The van der Waals surface area contributed by atoms with E-state index in [1.54, 1.807) is 13.8 Å². The second-order valence-electron chi connectivity index (χ2n) is 8.08. The van der Waals surface area contributed by atoms with Gasteiger partial charge in [0, 0.05) is 11.7 Å². The van der Waals surface area contributed by atoms with Gasteiger partial charge in [-0.25, -0.2) is 0 Å². The number of carbonyl (C=O) groups is 2. The van der Waals surface area contributed by atoms with Gasteiger partial charge < -0.3 is 10.6 Å². The molecule has 0 spiro atoms. The fourth-order valence-corrected chi connectivity index (χ4v) is 3.33. The summed E-state index contributed by atoms with van der Waals surface area (Å²) in [7, 11) is 0. The van der Waals surface area contributed by atoms with E-state index in [-0.39, 0.29) is 17.9 Å². The highest BCUT2D eigenvalue weighted by Crippen LogP contribution is 2.29. The number of aryl methyl sites for hydroxylation is 1. The van der Waals surface area contributed by atoms with Crippen LogP contribution >= 0.6 is 0 Å². The zero-order valence-electron chi connectivity index (χ0n) is 16.2. The predicted octanol–water partition coefficient (Wildman–Crippen LogP) is 4.53. The first-order valence-corrected chi connectivity index (χ1v) is 9.45. The summed E-state index contributed by atoms with van der Waals surface area (Å²) in [6.07, 6.45) is 5.57. The van der Waals surface area contributed by atoms with E-state index >= 15 is 0 Å². The Balaban J connectivity index is 2.12. The van der Waals surface area contributed by atoms with Gasteiger partial charge in [0.25, 0.3) is 0 Å². The van der Waals surface area contributed by atoms with E-state index in [2.05, 4.69) is 24.5 Å². The summed E-state index contributed by atoms with van der Waals surface area (Å²) in [5.74, 6) is -0.136. The highest BCUT2D eigenvalue weighted by Gasteiger charge is 2.37. The maximum Gasteiger partial charge on any atom is 0.239 e. The minimum Gasteiger partial charge on any atom is -0.352 e. The van der Waals surface area contributed by atoms with Crippen LogP contribution < -0.4 is 10.6 Å². The molecule has 0 radical (unpaired) electrons. The Kier molecular flexibility index (Phi) is 6.26. The van der Waals surface area contributed by atoms with E-state index < -0.39 is 5.41 Å². The van der Waals surface area contributed by atoms with Crippen LogP contribution in [0.1, 0.15) is 76.8 Å². The lowest BCUT2D eigenvalue weighted by Gasteiger charge is -2.29. The molecule has 0 saturated heterocycles. The number of rotatable bonds is 5. The molecule has 2 amide bonds. The van der Waals surface area contributed by atoms with Crippen molar-refractivity contribution in [3.63, 3.8) is 0 Å². The molecule has 0 aliphatic heterocycles. The van der Waals surface area contributed by atoms with Crippen LogP contribution in [0.15, 0.2) is 18.2 Å². The maximum absolute atomic E-state index is 12.9. The summed E-state index contributed by atoms with van der Waals surface area (Å²) in [6.45, 7) is 9.59. The van der Waals surface area contributed by atoms with Gasteiger partial charge in [0.05, 0.1) is 0 Å². The number of anilines is 1. The molecule has 1 saturated carbocycles. The highest BCUT2D eigenvalue weighted by atomic mass is 16.2. The maximum atomic E-state index is 12.9. The Morgan fingerprint density at radius 2 is 1.72 bits per heavy atom. The van der Waals surface area contributed by atoms with Crippen molar-refractivity contribution in [3.8, 4) is 0 Å². The molecule has 0 bridgehead atoms. The van der Waals surface area contributed by atoms with E-state index in [4.69, 9.17) is 0 Å². The molecule has 0 atom stereocenters. The van der Waals surface area contributed by atoms with Crippen molar-refractivity contribution in [2.45, 2.75) is 78.7 Å². The average Bonchev–Trinajstić information content (AvgIpc) is 2.57. The minimum absolute atomic E-state index is 0.184. The van der Waals surface area contributed by atoms with Gasteiger partial charge in [-0.1, -0.05) is 51.3 Å².